The van der Waals surface area contributed by atoms with Crippen molar-refractivity contribution in [3.05, 3.63) is 35.4 Å². The van der Waals surface area contributed by atoms with Gasteiger partial charge in [-0.05, 0) is 12.5 Å². The predicted octanol–water partition coefficient (Wildman–Crippen LogP) is 3.19. The zero-order valence-electron chi connectivity index (χ0n) is 11.0. The van der Waals surface area contributed by atoms with Crippen LogP contribution in [0.25, 0.3) is 0 Å². The first-order chi connectivity index (χ1) is 9.86. The molecule has 0 radical (unpaired) electrons. The van der Waals surface area contributed by atoms with Crippen LogP contribution in [0.4, 0.5) is 26.3 Å². The highest BCUT2D eigenvalue weighted by Gasteiger charge is 2.71. The third-order valence-corrected chi connectivity index (χ3v) is 3.02. The molecular weight excluding hydrogens is 316 g/mol. The van der Waals surface area contributed by atoms with Gasteiger partial charge in [-0.3, -0.25) is 4.79 Å². The molecule has 120 valence electrons. The number of Topliss-reactive ketones (excluding diaryl/α,β-unsaturated/α-hetero) is 1. The maximum absolute atomic E-state index is 12.7. The van der Waals surface area contributed by atoms with Crippen LogP contribution in [0.1, 0.15) is 24.0 Å². The number of hydrogen-bond acceptors (Lipinski definition) is 3. The summed E-state index contributed by atoms with van der Waals surface area (Å²) in [6.07, 6.45) is -12.0. The van der Waals surface area contributed by atoms with Gasteiger partial charge in [-0.1, -0.05) is 24.3 Å². The van der Waals surface area contributed by atoms with E-state index in [9.17, 15) is 31.1 Å². The van der Waals surface area contributed by atoms with E-state index in [1.807, 2.05) is 0 Å². The lowest BCUT2D eigenvalue weighted by atomic mass is 9.89. The molecule has 0 aliphatic heterocycles. The average molecular weight is 325 g/mol. The molecule has 1 aromatic rings. The Morgan fingerprint density at radius 2 is 1.50 bits per heavy atom. The summed E-state index contributed by atoms with van der Waals surface area (Å²) in [5.41, 5.74) is -6.54. The van der Waals surface area contributed by atoms with Crippen LogP contribution in [0, 0.1) is 11.3 Å². The van der Waals surface area contributed by atoms with Crippen LogP contribution in [0.5, 0.6) is 0 Å². The molecule has 9 heteroatoms. The van der Waals surface area contributed by atoms with E-state index in [-0.39, 0.29) is 5.56 Å². The minimum Gasteiger partial charge on any atom is -0.369 e. The van der Waals surface area contributed by atoms with Crippen molar-refractivity contribution in [3.63, 3.8) is 0 Å². The average Bonchev–Trinajstić information content (AvgIpc) is 2.36. The summed E-state index contributed by atoms with van der Waals surface area (Å²) >= 11 is 0. The van der Waals surface area contributed by atoms with Crippen molar-refractivity contribution in [3.8, 4) is 6.07 Å². The molecule has 0 bridgehead atoms. The number of ketones is 1. The molecule has 0 spiro atoms. The van der Waals surface area contributed by atoms with Gasteiger partial charge in [-0.2, -0.15) is 31.6 Å². The van der Waals surface area contributed by atoms with Crippen molar-refractivity contribution < 1.29 is 36.2 Å². The Balaban J connectivity index is 3.39. The second-order valence-corrected chi connectivity index (χ2v) is 4.50. The molecule has 0 heterocycles. The number of aliphatic hydroxyl groups is 1. The minimum absolute atomic E-state index is 0.0644. The molecule has 1 atom stereocenters. The summed E-state index contributed by atoms with van der Waals surface area (Å²) in [5.74, 6) is -1.92. The summed E-state index contributed by atoms with van der Waals surface area (Å²) in [7, 11) is 0. The van der Waals surface area contributed by atoms with E-state index in [0.717, 1.165) is 19.1 Å². The van der Waals surface area contributed by atoms with Crippen molar-refractivity contribution in [2.45, 2.75) is 30.8 Å². The number of carbonyl (C=O) groups excluding carboxylic acids is 1. The quantitative estimate of drug-likeness (QED) is 0.868. The maximum Gasteiger partial charge on any atom is 0.430 e. The normalized spacial score (nSPS) is 14.3. The zero-order chi connectivity index (χ0) is 17.3. The molecule has 3 nitrogen and oxygen atoms in total. The predicted molar refractivity (Wildman–Crippen MR) is 61.5 cm³/mol. The Morgan fingerprint density at radius 1 is 1.09 bits per heavy atom. The highest BCUT2D eigenvalue weighted by atomic mass is 19.4. The van der Waals surface area contributed by atoms with Gasteiger partial charge in [0.15, 0.2) is 5.78 Å². The third kappa shape index (κ3) is 2.92. The van der Waals surface area contributed by atoms with Crippen LogP contribution in [0.2, 0.25) is 0 Å². The molecule has 1 N–H and O–H groups in total. The highest BCUT2D eigenvalue weighted by Crippen LogP contribution is 2.50. The number of carbonyl (C=O) groups is 1. The molecule has 1 aromatic carbocycles. The molecule has 0 fully saturated rings. The van der Waals surface area contributed by atoms with Crippen molar-refractivity contribution >= 4 is 5.78 Å². The van der Waals surface area contributed by atoms with Crippen LogP contribution < -0.4 is 0 Å². The van der Waals surface area contributed by atoms with Gasteiger partial charge in [0.2, 0.25) is 0 Å². The Labute approximate surface area is 120 Å². The Bertz CT molecular complexity index is 583. The summed E-state index contributed by atoms with van der Waals surface area (Å²) in [5, 5.41) is 17.9. The minimum atomic E-state index is -5.98. The fourth-order valence-electron chi connectivity index (χ4n) is 1.80. The van der Waals surface area contributed by atoms with Crippen LogP contribution in [0.15, 0.2) is 24.3 Å². The van der Waals surface area contributed by atoms with Crippen LogP contribution in [0.3, 0.4) is 0 Å². The first-order valence-electron chi connectivity index (χ1n) is 5.72. The van der Waals surface area contributed by atoms with Gasteiger partial charge < -0.3 is 5.11 Å². The Morgan fingerprint density at radius 3 is 1.77 bits per heavy atom. The zero-order valence-corrected chi connectivity index (χ0v) is 11.0. The number of hydrogen-bond donors (Lipinski definition) is 1. The fraction of sp³-hybridized carbons (Fsp3) is 0.385. The lowest BCUT2D eigenvalue weighted by Gasteiger charge is -2.32. The van der Waals surface area contributed by atoms with Crippen LogP contribution in [-0.2, 0) is 10.4 Å². The first-order valence-corrected chi connectivity index (χ1v) is 5.72. The smallest absolute Gasteiger partial charge is 0.369 e. The van der Waals surface area contributed by atoms with E-state index >= 15 is 0 Å². The van der Waals surface area contributed by atoms with Crippen LogP contribution >= 0.6 is 0 Å². The van der Waals surface area contributed by atoms with E-state index in [4.69, 9.17) is 10.4 Å². The van der Waals surface area contributed by atoms with Gasteiger partial charge in [0.05, 0.1) is 6.07 Å². The van der Waals surface area contributed by atoms with E-state index in [2.05, 4.69) is 0 Å². The molecule has 1 unspecified atom stereocenters. The number of benzene rings is 1. The lowest BCUT2D eigenvalue weighted by molar-refractivity contribution is -0.376. The highest BCUT2D eigenvalue weighted by molar-refractivity contribution is 5.86. The topological polar surface area (TPSA) is 61.1 Å². The summed E-state index contributed by atoms with van der Waals surface area (Å²) in [6, 6.07) is 3.91. The van der Waals surface area contributed by atoms with Gasteiger partial charge >= 0.3 is 12.4 Å². The molecule has 0 saturated carbocycles. The van der Waals surface area contributed by atoms with Crippen molar-refractivity contribution in [1.29, 1.82) is 5.26 Å². The second-order valence-electron chi connectivity index (χ2n) is 4.50. The SMILES string of the molecule is CC(=O)C(C#N)c1ccc(C(O)(C(F)(F)F)C(F)(F)F)cc1. The second kappa shape index (κ2) is 5.61. The standard InChI is InChI=1S/C13H9F6NO2/c1-7(21)10(6-20)8-2-4-9(5-3-8)11(22,12(14,15)16)13(17,18)19/h2-5,10,22H,1H3. The molecule has 1 rings (SSSR count). The first kappa shape index (κ1) is 18.0. The van der Waals surface area contributed by atoms with Crippen molar-refractivity contribution in [1.82, 2.24) is 0 Å². The molecule has 0 aromatic heterocycles. The monoisotopic (exact) mass is 325 g/mol. The number of rotatable bonds is 3. The Hall–Kier alpha value is -2.08. The number of nitrogens with zero attached hydrogens (tertiary/aromatic N) is 1. The molecule has 0 aliphatic rings. The van der Waals surface area contributed by atoms with E-state index < -0.39 is 35.2 Å². The van der Waals surface area contributed by atoms with Gasteiger partial charge in [0, 0.05) is 5.56 Å². The lowest BCUT2D eigenvalue weighted by Crippen LogP contribution is -2.53. The number of halogens is 6. The summed E-state index contributed by atoms with van der Waals surface area (Å²) in [4.78, 5) is 11.1. The number of alkyl halides is 6. The Kier molecular flexibility index (Phi) is 4.58. The van der Waals surface area contributed by atoms with Gasteiger partial charge in [0.25, 0.3) is 5.60 Å². The van der Waals surface area contributed by atoms with Gasteiger partial charge in [-0.25, -0.2) is 0 Å². The summed E-state index contributed by atoms with van der Waals surface area (Å²) < 4.78 is 76.0. The van der Waals surface area contributed by atoms with E-state index in [0.29, 0.717) is 12.1 Å². The van der Waals surface area contributed by atoms with E-state index in [1.54, 1.807) is 6.07 Å². The van der Waals surface area contributed by atoms with E-state index in [1.165, 1.54) is 0 Å². The molecule has 0 aliphatic carbocycles. The van der Waals surface area contributed by atoms with Crippen LogP contribution in [-0.4, -0.2) is 23.2 Å². The molecule has 0 amide bonds. The summed E-state index contributed by atoms with van der Waals surface area (Å²) in [6.45, 7) is 1.06. The fourth-order valence-corrected chi connectivity index (χ4v) is 1.80. The number of nitriles is 1. The van der Waals surface area contributed by atoms with Gasteiger partial charge in [0.1, 0.15) is 5.92 Å². The maximum atomic E-state index is 12.7. The largest absolute Gasteiger partial charge is 0.430 e. The molecule has 0 saturated heterocycles. The molecular formula is C13H9F6NO2. The van der Waals surface area contributed by atoms with Gasteiger partial charge in [-0.15, -0.1) is 0 Å². The van der Waals surface area contributed by atoms with Crippen molar-refractivity contribution in [2.75, 3.05) is 0 Å². The molecule has 22 heavy (non-hydrogen) atoms. The van der Waals surface area contributed by atoms with Crippen molar-refractivity contribution in [2.24, 2.45) is 0 Å². The third-order valence-electron chi connectivity index (χ3n) is 3.02.